The van der Waals surface area contributed by atoms with Gasteiger partial charge in [-0.3, -0.25) is 0 Å². The summed E-state index contributed by atoms with van der Waals surface area (Å²) >= 11 is 0. The summed E-state index contributed by atoms with van der Waals surface area (Å²) in [5.74, 6) is 0.923. The van der Waals surface area contributed by atoms with Gasteiger partial charge in [0.05, 0.1) is 36.3 Å². The smallest absolute Gasteiger partial charge is 0.0991 e. The lowest BCUT2D eigenvalue weighted by atomic mass is 9.96. The van der Waals surface area contributed by atoms with Gasteiger partial charge in [-0.2, -0.15) is 5.26 Å². The molecule has 0 aliphatic rings. The second kappa shape index (κ2) is 11.7. The molecule has 2 aromatic heterocycles. The van der Waals surface area contributed by atoms with E-state index in [4.69, 9.17) is 0 Å². The van der Waals surface area contributed by atoms with Crippen molar-refractivity contribution in [2.24, 2.45) is 0 Å². The van der Waals surface area contributed by atoms with Gasteiger partial charge >= 0.3 is 0 Å². The molecule has 0 fully saturated rings. The third kappa shape index (κ3) is 5.06. The van der Waals surface area contributed by atoms with E-state index < -0.39 is 8.07 Å². The zero-order valence-electron chi connectivity index (χ0n) is 31.0. The van der Waals surface area contributed by atoms with Crippen LogP contribution in [0.2, 0.25) is 19.6 Å². The van der Waals surface area contributed by atoms with E-state index in [0.717, 1.165) is 17.1 Å². The highest BCUT2D eigenvalue weighted by Crippen LogP contribution is 2.46. The highest BCUT2D eigenvalue weighted by molar-refractivity contribution is 6.88. The number of aromatic nitrogens is 1. The molecule has 0 unspecified atom stereocenters. The Bertz CT molecular complexity index is 2750. The highest BCUT2D eigenvalue weighted by Gasteiger charge is 2.24. The summed E-state index contributed by atoms with van der Waals surface area (Å²) < 4.78 is 2.51. The lowest BCUT2D eigenvalue weighted by molar-refractivity contribution is 0.869. The Labute approximate surface area is 306 Å². The third-order valence-corrected chi connectivity index (χ3v) is 13.2. The van der Waals surface area contributed by atoms with Crippen LogP contribution in [0, 0.1) is 11.3 Å². The molecule has 0 saturated heterocycles. The van der Waals surface area contributed by atoms with E-state index in [1.165, 1.54) is 76.0 Å². The van der Waals surface area contributed by atoms with Crippen LogP contribution in [0.3, 0.4) is 0 Å². The summed E-state index contributed by atoms with van der Waals surface area (Å²) in [6.07, 6.45) is 0. The topological polar surface area (TPSA) is 31.4 Å². The molecule has 0 aliphatic carbocycles. The van der Waals surface area contributed by atoms with Crippen LogP contribution >= 0.6 is 0 Å². The molecule has 0 amide bonds. The first-order chi connectivity index (χ1) is 25.0. The lowest BCUT2D eigenvalue weighted by Gasteiger charge is -2.27. The molecular weight excluding hydrogens is 647 g/mol. The number of hydrogen-bond acceptors (Lipinski definition) is 2. The Balaban J connectivity index is 1.40. The van der Waals surface area contributed by atoms with Crippen LogP contribution in [0.1, 0.15) is 56.2 Å². The number of anilines is 3. The molecule has 0 N–H and O–H groups in total. The Hall–Kier alpha value is -5.63. The molecule has 52 heavy (non-hydrogen) atoms. The predicted molar refractivity (Wildman–Crippen MR) is 227 cm³/mol. The molecule has 0 atom stereocenters. The highest BCUT2D eigenvalue weighted by atomic mass is 28.3. The van der Waals surface area contributed by atoms with Crippen LogP contribution in [0.4, 0.5) is 17.1 Å². The van der Waals surface area contributed by atoms with Crippen LogP contribution in [0.15, 0.2) is 121 Å². The zero-order chi connectivity index (χ0) is 36.1. The number of hydrogen-bond donors (Lipinski definition) is 0. The van der Waals surface area contributed by atoms with E-state index in [1.54, 1.807) is 0 Å². The molecular formula is C48H43N3Si. The summed E-state index contributed by atoms with van der Waals surface area (Å²) in [4.78, 5) is 2.36. The monoisotopic (exact) mass is 689 g/mol. The van der Waals surface area contributed by atoms with Crippen LogP contribution < -0.4 is 10.1 Å². The fraction of sp³-hybridized carbons (Fsp3) is 0.188. The average molecular weight is 690 g/mol. The second-order valence-corrected chi connectivity index (χ2v) is 21.4. The second-order valence-electron chi connectivity index (χ2n) is 16.3. The van der Waals surface area contributed by atoms with Gasteiger partial charge in [-0.25, -0.2) is 0 Å². The van der Waals surface area contributed by atoms with Crippen molar-refractivity contribution >= 4 is 90.0 Å². The summed E-state index contributed by atoms with van der Waals surface area (Å²) in [6.45, 7) is 16.2. The summed E-state index contributed by atoms with van der Waals surface area (Å²) in [7, 11) is -1.49. The number of benzene rings is 7. The lowest BCUT2D eigenvalue weighted by Crippen LogP contribution is -2.37. The van der Waals surface area contributed by atoms with E-state index in [9.17, 15) is 5.26 Å². The number of rotatable bonds is 6. The van der Waals surface area contributed by atoms with Crippen molar-refractivity contribution < 1.29 is 0 Å². The fourth-order valence-corrected chi connectivity index (χ4v) is 9.31. The molecule has 0 bridgehead atoms. The first-order valence-electron chi connectivity index (χ1n) is 18.5. The minimum atomic E-state index is -1.49. The van der Waals surface area contributed by atoms with Crippen molar-refractivity contribution in [1.82, 2.24) is 4.40 Å². The normalized spacial score (nSPS) is 12.5. The maximum Gasteiger partial charge on any atom is 0.0991 e. The van der Waals surface area contributed by atoms with Gasteiger partial charge in [0.1, 0.15) is 0 Å². The molecule has 0 spiro atoms. The van der Waals surface area contributed by atoms with Gasteiger partial charge in [0.2, 0.25) is 0 Å². The molecule has 0 aliphatic heterocycles. The van der Waals surface area contributed by atoms with Gasteiger partial charge in [0.15, 0.2) is 0 Å². The summed E-state index contributed by atoms with van der Waals surface area (Å²) in [5.41, 5.74) is 10.3. The SMILES string of the molecule is CC(C)c1ccc2cc3c(cc2c1)c1cc(N(c2ccc(C#N)cc2)c2ccc([Si](C)(C)C)cc2)cc2c4cc5cc(C(C)C)ccc5cc4n3c12. The van der Waals surface area contributed by atoms with Gasteiger partial charge in [0, 0.05) is 38.6 Å². The van der Waals surface area contributed by atoms with Crippen molar-refractivity contribution in [3.05, 3.63) is 138 Å². The van der Waals surface area contributed by atoms with Crippen molar-refractivity contribution in [3.63, 3.8) is 0 Å². The Morgan fingerprint density at radius 3 is 1.44 bits per heavy atom. The third-order valence-electron chi connectivity index (χ3n) is 11.2. The van der Waals surface area contributed by atoms with Crippen molar-refractivity contribution in [2.75, 3.05) is 4.90 Å². The Morgan fingerprint density at radius 2 is 1.00 bits per heavy atom. The van der Waals surface area contributed by atoms with Gasteiger partial charge in [-0.1, -0.05) is 101 Å². The average Bonchev–Trinajstić information content (AvgIpc) is 3.63. The van der Waals surface area contributed by atoms with E-state index in [2.05, 4.69) is 172 Å². The number of fused-ring (bicyclic) bond motifs is 8. The fourth-order valence-electron chi connectivity index (χ4n) is 8.14. The van der Waals surface area contributed by atoms with E-state index in [-0.39, 0.29) is 0 Å². The first-order valence-corrected chi connectivity index (χ1v) is 22.0. The number of nitriles is 1. The van der Waals surface area contributed by atoms with Gasteiger partial charge in [-0.05, 0) is 117 Å². The summed E-state index contributed by atoms with van der Waals surface area (Å²) in [6, 6.07) is 47.8. The van der Waals surface area contributed by atoms with Crippen LogP contribution in [0.5, 0.6) is 0 Å². The van der Waals surface area contributed by atoms with Crippen molar-refractivity contribution in [1.29, 1.82) is 5.26 Å². The maximum atomic E-state index is 9.65. The van der Waals surface area contributed by atoms with E-state index in [0.29, 0.717) is 17.4 Å². The van der Waals surface area contributed by atoms with Crippen LogP contribution in [-0.2, 0) is 0 Å². The minimum absolute atomic E-state index is 0.461. The zero-order valence-corrected chi connectivity index (χ0v) is 32.0. The first kappa shape index (κ1) is 32.3. The van der Waals surface area contributed by atoms with Crippen LogP contribution in [-0.4, -0.2) is 12.5 Å². The largest absolute Gasteiger partial charge is 0.310 e. The van der Waals surface area contributed by atoms with Gasteiger partial charge in [-0.15, -0.1) is 0 Å². The molecule has 254 valence electrons. The quantitative estimate of drug-likeness (QED) is 0.163. The van der Waals surface area contributed by atoms with Gasteiger partial charge < -0.3 is 9.30 Å². The van der Waals surface area contributed by atoms with Crippen LogP contribution in [0.25, 0.3) is 59.6 Å². The molecule has 2 heterocycles. The van der Waals surface area contributed by atoms with Crippen molar-refractivity contribution in [3.8, 4) is 6.07 Å². The van der Waals surface area contributed by atoms with Gasteiger partial charge in [0.25, 0.3) is 0 Å². The molecule has 3 nitrogen and oxygen atoms in total. The Kier molecular flexibility index (Phi) is 7.26. The maximum absolute atomic E-state index is 9.65. The number of nitrogens with zero attached hydrogens (tertiary/aromatic N) is 3. The Morgan fingerprint density at radius 1 is 0.519 bits per heavy atom. The molecule has 0 radical (unpaired) electrons. The predicted octanol–water partition coefficient (Wildman–Crippen LogP) is 13.3. The minimum Gasteiger partial charge on any atom is -0.310 e. The van der Waals surface area contributed by atoms with E-state index in [1.807, 2.05) is 12.1 Å². The molecule has 7 aromatic carbocycles. The molecule has 0 saturated carbocycles. The standard InChI is InChI=1S/C48H43N3Si/c1-29(2)32-10-12-34-24-46-42(22-36(34)20-32)44-26-40(50(38-14-8-31(28-49)9-15-38)39-16-18-41(19-17-39)52(5,6)7)27-45-43-23-37-21-33(30(3)4)11-13-35(37)25-47(43)51(46)48(44)45/h8-27,29-30H,1-7H3. The summed E-state index contributed by atoms with van der Waals surface area (Å²) in [5, 5.41) is 21.2. The molecule has 9 aromatic rings. The van der Waals surface area contributed by atoms with E-state index >= 15 is 0 Å². The van der Waals surface area contributed by atoms with Crippen molar-refractivity contribution in [2.45, 2.75) is 59.2 Å². The molecule has 4 heteroatoms. The molecule has 9 rings (SSSR count).